The number of benzene rings is 3. The highest BCUT2D eigenvalue weighted by molar-refractivity contribution is 6.31. The highest BCUT2D eigenvalue weighted by Crippen LogP contribution is 2.46. The number of anilines is 2. The maximum atomic E-state index is 13.8. The van der Waals surface area contributed by atoms with Crippen molar-refractivity contribution in [3.8, 4) is 5.75 Å². The zero-order valence-electron chi connectivity index (χ0n) is 17.8. The maximum Gasteiger partial charge on any atom is 0.573 e. The van der Waals surface area contributed by atoms with Gasteiger partial charge in [0.1, 0.15) is 5.75 Å². The van der Waals surface area contributed by atoms with E-state index >= 15 is 0 Å². The van der Waals surface area contributed by atoms with Crippen LogP contribution in [0.1, 0.15) is 18.9 Å². The molecule has 3 aromatic rings. The van der Waals surface area contributed by atoms with Crippen molar-refractivity contribution in [1.29, 1.82) is 0 Å². The van der Waals surface area contributed by atoms with Crippen LogP contribution in [0.2, 0.25) is 10.0 Å². The fraction of sp³-hybridized carbons (Fsp3) is 0.208. The number of hydrogen-bond donors (Lipinski definition) is 1. The summed E-state index contributed by atoms with van der Waals surface area (Å²) >= 11 is 12.0. The number of urea groups is 1. The third kappa shape index (κ3) is 4.41. The van der Waals surface area contributed by atoms with Gasteiger partial charge in [0, 0.05) is 27.0 Å². The van der Waals surface area contributed by atoms with E-state index in [9.17, 15) is 23.1 Å². The minimum absolute atomic E-state index is 0.0564. The van der Waals surface area contributed by atoms with Crippen LogP contribution in [0.4, 0.5) is 29.3 Å². The summed E-state index contributed by atoms with van der Waals surface area (Å²) in [5, 5.41) is 13.0. The van der Waals surface area contributed by atoms with Gasteiger partial charge in [-0.3, -0.25) is 9.80 Å². The van der Waals surface area contributed by atoms with Crippen molar-refractivity contribution in [3.05, 3.63) is 88.4 Å². The van der Waals surface area contributed by atoms with Gasteiger partial charge in [0.2, 0.25) is 0 Å². The molecule has 1 heterocycles. The van der Waals surface area contributed by atoms with Crippen LogP contribution in [-0.4, -0.2) is 23.5 Å². The van der Waals surface area contributed by atoms with Gasteiger partial charge < -0.3 is 9.84 Å². The molecule has 1 aliphatic rings. The summed E-state index contributed by atoms with van der Waals surface area (Å²) in [6.45, 7) is 1.77. The lowest BCUT2D eigenvalue weighted by Gasteiger charge is -2.37. The number of nitrogens with zero attached hydrogens (tertiary/aromatic N) is 2. The third-order valence-electron chi connectivity index (χ3n) is 5.58. The van der Waals surface area contributed by atoms with E-state index in [2.05, 4.69) is 4.74 Å². The quantitative estimate of drug-likeness (QED) is 0.403. The Hall–Kier alpha value is -2.94. The molecule has 2 atom stereocenters. The molecule has 0 aliphatic carbocycles. The van der Waals surface area contributed by atoms with E-state index < -0.39 is 29.9 Å². The molecule has 34 heavy (non-hydrogen) atoms. The van der Waals surface area contributed by atoms with E-state index in [0.29, 0.717) is 21.4 Å². The first-order valence-electron chi connectivity index (χ1n) is 10.3. The van der Waals surface area contributed by atoms with Crippen molar-refractivity contribution >= 4 is 40.6 Å². The van der Waals surface area contributed by atoms with Gasteiger partial charge in [-0.1, -0.05) is 42.3 Å². The predicted molar refractivity (Wildman–Crippen MR) is 124 cm³/mol. The summed E-state index contributed by atoms with van der Waals surface area (Å²) in [4.78, 5) is 16.3. The standard InChI is InChI=1S/C24H19Cl2F3N2O3/c1-2-21-23(33,15-4-3-5-20(14-15)34-24(27,28)29)31(19-12-8-17(26)9-13-19)22(32)30(21)18-10-6-16(25)7-11-18/h3-14,21,33H,2H2,1H3/t21-,23?/m0/s1. The molecule has 1 fully saturated rings. The molecule has 0 aromatic heterocycles. The Morgan fingerprint density at radius 2 is 1.53 bits per heavy atom. The van der Waals surface area contributed by atoms with Crippen molar-refractivity contribution in [2.24, 2.45) is 0 Å². The van der Waals surface area contributed by atoms with Gasteiger partial charge in [0.05, 0.1) is 6.04 Å². The Balaban J connectivity index is 1.90. The Morgan fingerprint density at radius 1 is 0.971 bits per heavy atom. The Morgan fingerprint density at radius 3 is 2.06 bits per heavy atom. The van der Waals surface area contributed by atoms with Gasteiger partial charge in [-0.2, -0.15) is 0 Å². The first kappa shape index (κ1) is 24.2. The highest BCUT2D eigenvalue weighted by Gasteiger charge is 2.58. The second-order valence-electron chi connectivity index (χ2n) is 7.67. The van der Waals surface area contributed by atoms with Crippen LogP contribution < -0.4 is 14.5 Å². The van der Waals surface area contributed by atoms with E-state index in [0.717, 1.165) is 17.0 Å². The second-order valence-corrected chi connectivity index (χ2v) is 8.54. The maximum absolute atomic E-state index is 13.8. The van der Waals surface area contributed by atoms with Gasteiger partial charge in [0.15, 0.2) is 5.72 Å². The Kier molecular flexibility index (Phi) is 6.42. The van der Waals surface area contributed by atoms with Gasteiger partial charge in [-0.25, -0.2) is 4.79 Å². The first-order valence-corrected chi connectivity index (χ1v) is 11.0. The Bertz CT molecular complexity index is 1190. The normalized spacial score (nSPS) is 20.7. The van der Waals surface area contributed by atoms with E-state index in [4.69, 9.17) is 23.2 Å². The summed E-state index contributed by atoms with van der Waals surface area (Å²) in [5.74, 6) is -0.512. The minimum Gasteiger partial charge on any atom is -0.406 e. The van der Waals surface area contributed by atoms with Crippen molar-refractivity contribution in [3.63, 3.8) is 0 Å². The van der Waals surface area contributed by atoms with Crippen LogP contribution in [0.3, 0.4) is 0 Å². The van der Waals surface area contributed by atoms with Crippen LogP contribution in [-0.2, 0) is 5.72 Å². The molecule has 178 valence electrons. The number of halogens is 5. The number of aliphatic hydroxyl groups is 1. The fourth-order valence-corrected chi connectivity index (χ4v) is 4.47. The van der Waals surface area contributed by atoms with Gasteiger partial charge >= 0.3 is 12.4 Å². The number of rotatable bonds is 5. The van der Waals surface area contributed by atoms with Gasteiger partial charge in [0.25, 0.3) is 0 Å². The summed E-state index contributed by atoms with van der Waals surface area (Å²) < 4.78 is 42.7. The van der Waals surface area contributed by atoms with E-state index in [1.165, 1.54) is 17.0 Å². The van der Waals surface area contributed by atoms with Crippen molar-refractivity contribution in [2.45, 2.75) is 31.5 Å². The Labute approximate surface area is 203 Å². The number of ether oxygens (including phenoxy) is 1. The van der Waals surface area contributed by atoms with Crippen molar-refractivity contribution in [2.75, 3.05) is 9.80 Å². The molecule has 0 radical (unpaired) electrons. The molecule has 1 saturated heterocycles. The minimum atomic E-state index is -4.91. The lowest BCUT2D eigenvalue weighted by atomic mass is 9.91. The topological polar surface area (TPSA) is 53.0 Å². The largest absolute Gasteiger partial charge is 0.573 e. The first-order chi connectivity index (χ1) is 16.0. The van der Waals surface area contributed by atoms with E-state index in [1.54, 1.807) is 55.5 Å². The SMILES string of the molecule is CC[C@@H]1N(c2ccc(Cl)cc2)C(=O)N(c2ccc(Cl)cc2)C1(O)c1cccc(OC(F)(F)F)c1. The molecule has 0 spiro atoms. The fourth-order valence-electron chi connectivity index (χ4n) is 4.22. The molecule has 0 bridgehead atoms. The molecular formula is C24H19Cl2F3N2O3. The van der Waals surface area contributed by atoms with Crippen LogP contribution in [0, 0.1) is 0 Å². The number of carbonyl (C=O) groups excluding carboxylic acids is 1. The zero-order valence-corrected chi connectivity index (χ0v) is 19.3. The lowest BCUT2D eigenvalue weighted by Crippen LogP contribution is -2.49. The van der Waals surface area contributed by atoms with Crippen LogP contribution in [0.5, 0.6) is 5.75 Å². The van der Waals surface area contributed by atoms with E-state index in [1.807, 2.05) is 0 Å². The smallest absolute Gasteiger partial charge is 0.406 e. The molecule has 5 nitrogen and oxygen atoms in total. The van der Waals surface area contributed by atoms with Crippen molar-refractivity contribution < 1.29 is 27.8 Å². The molecule has 3 aromatic carbocycles. The van der Waals surface area contributed by atoms with Gasteiger partial charge in [-0.15, -0.1) is 13.2 Å². The average Bonchev–Trinajstić information content (AvgIpc) is 3.01. The second kappa shape index (κ2) is 9.02. The van der Waals surface area contributed by atoms with Crippen molar-refractivity contribution in [1.82, 2.24) is 0 Å². The third-order valence-corrected chi connectivity index (χ3v) is 6.09. The van der Waals surface area contributed by atoms with Crippen LogP contribution in [0.15, 0.2) is 72.8 Å². The summed E-state index contributed by atoms with van der Waals surface area (Å²) in [6.07, 6.45) is -4.64. The van der Waals surface area contributed by atoms with E-state index in [-0.39, 0.29) is 12.0 Å². The number of amides is 2. The van der Waals surface area contributed by atoms with Gasteiger partial charge in [-0.05, 0) is 67.1 Å². The molecule has 10 heteroatoms. The molecule has 1 aliphatic heterocycles. The summed E-state index contributed by atoms with van der Waals surface area (Å²) in [7, 11) is 0. The number of alkyl halides is 3. The molecule has 4 rings (SSSR count). The van der Waals surface area contributed by atoms with Crippen LogP contribution in [0.25, 0.3) is 0 Å². The average molecular weight is 511 g/mol. The molecule has 1 unspecified atom stereocenters. The number of hydrogen-bond acceptors (Lipinski definition) is 3. The zero-order chi connectivity index (χ0) is 24.7. The predicted octanol–water partition coefficient (Wildman–Crippen LogP) is 6.96. The molecule has 1 N–H and O–H groups in total. The monoisotopic (exact) mass is 510 g/mol. The molecular weight excluding hydrogens is 492 g/mol. The lowest BCUT2D eigenvalue weighted by molar-refractivity contribution is -0.274. The summed E-state index contributed by atoms with van der Waals surface area (Å²) in [6, 6.07) is 16.3. The molecule has 0 saturated carbocycles. The number of carbonyl (C=O) groups is 1. The van der Waals surface area contributed by atoms with Crippen LogP contribution >= 0.6 is 23.2 Å². The highest BCUT2D eigenvalue weighted by atomic mass is 35.5. The summed E-state index contributed by atoms with van der Waals surface area (Å²) in [5.41, 5.74) is -1.20. The molecule has 2 amide bonds.